The molecule has 0 heterocycles. The molecule has 1 amide bonds. The fraction of sp³-hybridized carbons (Fsp3) is 0.879. The van der Waals surface area contributed by atoms with Gasteiger partial charge in [0.2, 0.25) is 0 Å². The molecule has 41 heavy (non-hydrogen) atoms. The van der Waals surface area contributed by atoms with Gasteiger partial charge in [-0.05, 0) is 101 Å². The zero-order chi connectivity index (χ0) is 30.0. The van der Waals surface area contributed by atoms with Gasteiger partial charge in [0.15, 0.2) is 0 Å². The molecule has 4 rings (SSSR count). The maximum absolute atomic E-state index is 13.2. The summed E-state index contributed by atoms with van der Waals surface area (Å²) < 4.78 is 0.792. The molecule has 8 nitrogen and oxygen atoms in total. The van der Waals surface area contributed by atoms with Crippen molar-refractivity contribution in [1.82, 2.24) is 15.1 Å². The Morgan fingerprint density at radius 1 is 1.07 bits per heavy atom. The van der Waals surface area contributed by atoms with E-state index in [0.717, 1.165) is 74.4 Å². The van der Waals surface area contributed by atoms with Gasteiger partial charge in [0.1, 0.15) is 0 Å². The lowest BCUT2D eigenvalue weighted by Crippen LogP contribution is -2.51. The van der Waals surface area contributed by atoms with Crippen molar-refractivity contribution < 1.29 is 19.2 Å². The largest absolute Gasteiger partial charge is 0.436 e. The zero-order valence-corrected chi connectivity index (χ0v) is 27.4. The zero-order valence-electron chi connectivity index (χ0n) is 27.4. The Balaban J connectivity index is 1.39. The van der Waals surface area contributed by atoms with Crippen molar-refractivity contribution in [3.05, 3.63) is 11.6 Å². The molecule has 0 radical (unpaired) electrons. The highest BCUT2D eigenvalue weighted by molar-refractivity contribution is 5.85. The van der Waals surface area contributed by atoms with Gasteiger partial charge in [-0.1, -0.05) is 30.7 Å². The molecular weight excluding hydrogens is 514 g/mol. The summed E-state index contributed by atoms with van der Waals surface area (Å²) in [5.41, 5.74) is 2.98. The summed E-state index contributed by atoms with van der Waals surface area (Å²) in [6.07, 6.45) is 10.9. The van der Waals surface area contributed by atoms with Crippen molar-refractivity contribution in [2.24, 2.45) is 39.7 Å². The lowest BCUT2D eigenvalue weighted by atomic mass is 9.47. The summed E-state index contributed by atoms with van der Waals surface area (Å²) in [5.74, 6) is 2.48. The van der Waals surface area contributed by atoms with Gasteiger partial charge < -0.3 is 19.8 Å². The molecule has 0 bridgehead atoms. The van der Waals surface area contributed by atoms with Crippen LogP contribution in [0, 0.1) is 34.5 Å². The number of likely N-dealkylation sites (N-methyl/N-ethyl adjacent to an activating group) is 2. The van der Waals surface area contributed by atoms with Crippen LogP contribution in [-0.4, -0.2) is 112 Å². The number of nitrogens with zero attached hydrogens (tertiary/aromatic N) is 4. The molecule has 0 saturated heterocycles. The predicted octanol–water partition coefficient (Wildman–Crippen LogP) is 4.60. The Morgan fingerprint density at radius 2 is 1.80 bits per heavy atom. The number of carbonyl (C=O) groups is 1. The molecule has 0 aromatic heterocycles. The first-order valence-electron chi connectivity index (χ1n) is 16.3. The summed E-state index contributed by atoms with van der Waals surface area (Å²) in [6.45, 7) is 11.8. The van der Waals surface area contributed by atoms with E-state index in [1.165, 1.54) is 24.8 Å². The van der Waals surface area contributed by atoms with E-state index in [1.54, 1.807) is 4.90 Å². The molecule has 2 N–H and O–H groups in total. The number of rotatable bonds is 11. The van der Waals surface area contributed by atoms with Gasteiger partial charge in [0.25, 0.3) is 0 Å². The van der Waals surface area contributed by atoms with Crippen LogP contribution in [0.1, 0.15) is 72.1 Å². The van der Waals surface area contributed by atoms with Gasteiger partial charge in [-0.2, -0.15) is 0 Å². The topological polar surface area (TPSA) is 77.4 Å². The quantitative estimate of drug-likeness (QED) is 0.0942. The SMILES string of the molecule is C/C(=N\OC(=O)N(CCNCCN(C)C)CC[N+](C)(C)C)[C@H]1CC[C@H]2[C@@H]3CC=C4C[C@@H](O)CC[C@]4(C)[C@H]3CC[C@]12C. The minimum absolute atomic E-state index is 0.153. The minimum Gasteiger partial charge on any atom is -0.393 e. The predicted molar refractivity (Wildman–Crippen MR) is 167 cm³/mol. The lowest BCUT2D eigenvalue weighted by molar-refractivity contribution is -0.869. The molecule has 0 aromatic carbocycles. The molecular formula is C33H60N5O3+. The number of hydrogen-bond acceptors (Lipinski definition) is 6. The summed E-state index contributed by atoms with van der Waals surface area (Å²) >= 11 is 0. The fourth-order valence-corrected chi connectivity index (χ4v) is 8.92. The van der Waals surface area contributed by atoms with Gasteiger partial charge in [-0.25, -0.2) is 4.79 Å². The molecule has 0 aromatic rings. The monoisotopic (exact) mass is 574 g/mol. The third-order valence-electron chi connectivity index (χ3n) is 11.4. The summed E-state index contributed by atoms with van der Waals surface area (Å²) in [4.78, 5) is 22.8. The van der Waals surface area contributed by atoms with Crippen LogP contribution >= 0.6 is 0 Å². The Morgan fingerprint density at radius 3 is 2.51 bits per heavy atom. The van der Waals surface area contributed by atoms with Crippen molar-refractivity contribution in [3.8, 4) is 0 Å². The van der Waals surface area contributed by atoms with E-state index < -0.39 is 0 Å². The first-order chi connectivity index (χ1) is 19.2. The van der Waals surface area contributed by atoms with Crippen LogP contribution in [-0.2, 0) is 4.84 Å². The second-order valence-corrected chi connectivity index (χ2v) is 15.5. The average molecular weight is 575 g/mol. The average Bonchev–Trinajstić information content (AvgIpc) is 3.25. The van der Waals surface area contributed by atoms with Crippen LogP contribution in [0.5, 0.6) is 0 Å². The number of aliphatic hydroxyl groups excluding tert-OH is 1. The third-order valence-corrected chi connectivity index (χ3v) is 11.4. The van der Waals surface area contributed by atoms with E-state index >= 15 is 0 Å². The number of allylic oxidation sites excluding steroid dienone is 1. The second-order valence-electron chi connectivity index (χ2n) is 15.5. The highest BCUT2D eigenvalue weighted by Gasteiger charge is 2.59. The summed E-state index contributed by atoms with van der Waals surface area (Å²) in [5, 5.41) is 18.3. The molecule has 3 saturated carbocycles. The van der Waals surface area contributed by atoms with Crippen molar-refractivity contribution in [1.29, 1.82) is 0 Å². The standard InChI is InChI=1S/C33H60N5O3/c1-24(35-41-31(40)37(21-22-38(6,7)8)20-18-34-17-19-36(4)5)28-11-12-29-27-10-9-25-23-26(39)13-15-32(25,2)30(27)14-16-33(28,29)3/h9,26-30,34,39H,10-23H2,1-8H3/q+1/b35-24+/t26-,27-,28+,29-,30-,32-,33+/m0/s1. The van der Waals surface area contributed by atoms with Crippen molar-refractivity contribution >= 4 is 11.8 Å². The molecule has 4 aliphatic carbocycles. The normalized spacial score (nSPS) is 35.4. The van der Waals surface area contributed by atoms with E-state index in [9.17, 15) is 9.90 Å². The molecule has 3 fully saturated rings. The number of aliphatic hydroxyl groups is 1. The highest BCUT2D eigenvalue weighted by atomic mass is 16.7. The van der Waals surface area contributed by atoms with Crippen molar-refractivity contribution in [3.63, 3.8) is 0 Å². The third kappa shape index (κ3) is 7.36. The molecule has 0 unspecified atom stereocenters. The second kappa shape index (κ2) is 13.0. The van der Waals surface area contributed by atoms with Crippen LogP contribution in [0.25, 0.3) is 0 Å². The molecule has 0 spiro atoms. The Hall–Kier alpha value is -1.48. The minimum atomic E-state index is -0.340. The van der Waals surface area contributed by atoms with Crippen molar-refractivity contribution in [2.45, 2.75) is 78.2 Å². The van der Waals surface area contributed by atoms with Crippen LogP contribution < -0.4 is 5.32 Å². The van der Waals surface area contributed by atoms with Crippen LogP contribution in [0.4, 0.5) is 4.79 Å². The lowest BCUT2D eigenvalue weighted by Gasteiger charge is -2.58. The van der Waals surface area contributed by atoms with Gasteiger partial charge in [0.05, 0.1) is 46.0 Å². The van der Waals surface area contributed by atoms with Gasteiger partial charge >= 0.3 is 6.09 Å². The molecule has 234 valence electrons. The fourth-order valence-electron chi connectivity index (χ4n) is 8.92. The smallest absolute Gasteiger partial charge is 0.393 e. The van der Waals surface area contributed by atoms with E-state index in [4.69, 9.17) is 4.84 Å². The first kappa shape index (κ1) is 32.4. The Kier molecular flexibility index (Phi) is 10.3. The number of quaternary nitrogens is 1. The first-order valence-corrected chi connectivity index (χ1v) is 16.3. The number of oxime groups is 1. The van der Waals surface area contributed by atoms with Crippen LogP contribution in [0.3, 0.4) is 0 Å². The maximum Gasteiger partial charge on any atom is 0.436 e. The van der Waals surface area contributed by atoms with Gasteiger partial charge in [-0.3, -0.25) is 9.74 Å². The highest BCUT2D eigenvalue weighted by Crippen LogP contribution is 2.66. The van der Waals surface area contributed by atoms with E-state index in [0.29, 0.717) is 30.8 Å². The maximum atomic E-state index is 13.2. The molecule has 8 heteroatoms. The van der Waals surface area contributed by atoms with E-state index in [-0.39, 0.29) is 23.0 Å². The molecule has 7 atom stereocenters. The number of carbonyl (C=O) groups excluding carboxylic acids is 1. The number of fused-ring (bicyclic) bond motifs is 5. The van der Waals surface area contributed by atoms with Crippen LogP contribution in [0.15, 0.2) is 16.8 Å². The number of hydrogen-bond donors (Lipinski definition) is 2. The van der Waals surface area contributed by atoms with Gasteiger partial charge in [0, 0.05) is 32.1 Å². The summed E-state index contributed by atoms with van der Waals surface area (Å²) in [6, 6.07) is 0. The molecule has 0 aliphatic heterocycles. The Labute approximate surface area is 250 Å². The van der Waals surface area contributed by atoms with E-state index in [1.807, 2.05) is 0 Å². The van der Waals surface area contributed by atoms with Crippen LogP contribution in [0.2, 0.25) is 0 Å². The van der Waals surface area contributed by atoms with Crippen molar-refractivity contribution in [2.75, 3.05) is 74.5 Å². The number of nitrogens with one attached hydrogen (secondary N) is 1. The van der Waals surface area contributed by atoms with Gasteiger partial charge in [-0.15, -0.1) is 0 Å². The Bertz CT molecular complexity index is 974. The summed E-state index contributed by atoms with van der Waals surface area (Å²) in [7, 11) is 10.6. The molecule has 4 aliphatic rings. The number of amides is 1. The van der Waals surface area contributed by atoms with E-state index in [2.05, 4.69) is 77.5 Å².